The van der Waals surface area contributed by atoms with Gasteiger partial charge in [-0.3, -0.25) is 0 Å². The second kappa shape index (κ2) is 13.3. The molecular weight excluding hydrogens is 713 g/mol. The number of anilines is 3. The molecule has 0 spiro atoms. The minimum Gasteiger partial charge on any atom is -0.310 e. The van der Waals surface area contributed by atoms with E-state index in [1.165, 1.54) is 116 Å². The van der Waals surface area contributed by atoms with Crippen LogP contribution in [0, 0.1) is 0 Å². The average Bonchev–Trinajstić information content (AvgIpc) is 3.73. The highest BCUT2D eigenvalue weighted by Gasteiger charge is 2.39. The molecule has 1 aromatic heterocycles. The van der Waals surface area contributed by atoms with E-state index >= 15 is 0 Å². The van der Waals surface area contributed by atoms with E-state index in [-0.39, 0.29) is 5.41 Å². The van der Waals surface area contributed by atoms with Crippen LogP contribution in [0.3, 0.4) is 0 Å². The summed E-state index contributed by atoms with van der Waals surface area (Å²) in [5, 5.41) is 5.04. The Morgan fingerprint density at radius 3 is 1.90 bits per heavy atom. The lowest BCUT2D eigenvalue weighted by Crippen LogP contribution is -2.17. The molecule has 59 heavy (non-hydrogen) atoms. The molecule has 0 unspecified atom stereocenters. The maximum Gasteiger partial charge on any atom is 0.0561 e. The van der Waals surface area contributed by atoms with Gasteiger partial charge in [0.05, 0.1) is 11.0 Å². The standard InChI is InChI=1S/C57H48N2/c1-57(2)51-26-14-12-25-49(51)56-50(55-45-22-10-8-18-39(45)32-40-19-9-11-23-46(40)55)34-44(35-52(56)57)58(42-29-28-37-16-6-7-17-38(37)33-42)43-30-31-48-47-24-13-15-27-53(47)59(54(48)36-43)41-20-4-3-5-21-41/h3-7,12-17,20-21,24-36H,8-11,18-19,22-23H2,1-2H3. The van der Waals surface area contributed by atoms with E-state index < -0.39 is 0 Å². The normalized spacial score (nSPS) is 15.2. The molecule has 3 aliphatic carbocycles. The number of aromatic nitrogens is 1. The van der Waals surface area contributed by atoms with Crippen molar-refractivity contribution in [3.8, 4) is 27.9 Å². The van der Waals surface area contributed by atoms with Crippen molar-refractivity contribution in [2.45, 2.75) is 70.6 Å². The molecule has 286 valence electrons. The highest BCUT2D eigenvalue weighted by atomic mass is 15.1. The maximum atomic E-state index is 2.62. The summed E-state index contributed by atoms with van der Waals surface area (Å²) in [5.41, 5.74) is 22.1. The van der Waals surface area contributed by atoms with Crippen molar-refractivity contribution >= 4 is 49.6 Å². The van der Waals surface area contributed by atoms with Gasteiger partial charge in [-0.2, -0.15) is 0 Å². The van der Waals surface area contributed by atoms with Crippen LogP contribution in [0.2, 0.25) is 0 Å². The molecule has 0 atom stereocenters. The zero-order chi connectivity index (χ0) is 39.2. The zero-order valence-electron chi connectivity index (χ0n) is 34.1. The van der Waals surface area contributed by atoms with Crippen molar-refractivity contribution in [3.05, 3.63) is 191 Å². The lowest BCUT2D eigenvalue weighted by Gasteiger charge is -2.32. The molecular formula is C57H48N2. The van der Waals surface area contributed by atoms with Crippen molar-refractivity contribution in [2.75, 3.05) is 4.90 Å². The highest BCUT2D eigenvalue weighted by Crippen LogP contribution is 2.56. The van der Waals surface area contributed by atoms with Crippen molar-refractivity contribution < 1.29 is 0 Å². The molecule has 8 aromatic carbocycles. The lowest BCUT2D eigenvalue weighted by molar-refractivity contribution is 0.658. The molecule has 9 aromatic rings. The van der Waals surface area contributed by atoms with Gasteiger partial charge in [-0.05, 0) is 172 Å². The summed E-state index contributed by atoms with van der Waals surface area (Å²) in [5.74, 6) is 0. The van der Waals surface area contributed by atoms with Crippen molar-refractivity contribution in [3.63, 3.8) is 0 Å². The van der Waals surface area contributed by atoms with Crippen LogP contribution in [0.15, 0.2) is 158 Å². The molecule has 0 radical (unpaired) electrons. The van der Waals surface area contributed by atoms with E-state index in [0.717, 1.165) is 18.5 Å². The van der Waals surface area contributed by atoms with Crippen LogP contribution in [-0.2, 0) is 31.1 Å². The van der Waals surface area contributed by atoms with Crippen LogP contribution in [-0.4, -0.2) is 4.57 Å². The first-order valence-corrected chi connectivity index (χ1v) is 21.9. The number of nitrogens with zero attached hydrogens (tertiary/aromatic N) is 2. The number of hydrogen-bond acceptors (Lipinski definition) is 1. The van der Waals surface area contributed by atoms with Gasteiger partial charge in [-0.15, -0.1) is 0 Å². The highest BCUT2D eigenvalue weighted by molar-refractivity contribution is 6.10. The summed E-state index contributed by atoms with van der Waals surface area (Å²) in [6.07, 6.45) is 9.82. The SMILES string of the molecule is CC1(C)c2ccccc2-c2c(-c3c4c(cc5c3CCCC5)CCCC4)cc(N(c3ccc4ccccc4c3)c3ccc4c5ccccc5n(-c5ccccc5)c4c3)cc21. The third kappa shape index (κ3) is 5.32. The van der Waals surface area contributed by atoms with Crippen LogP contribution in [0.5, 0.6) is 0 Å². The first-order valence-electron chi connectivity index (χ1n) is 21.9. The van der Waals surface area contributed by atoms with Gasteiger partial charge < -0.3 is 9.47 Å². The lowest BCUT2D eigenvalue weighted by atomic mass is 9.75. The molecule has 12 rings (SSSR count). The van der Waals surface area contributed by atoms with Crippen LogP contribution in [0.4, 0.5) is 17.1 Å². The van der Waals surface area contributed by atoms with E-state index in [1.807, 2.05) is 0 Å². The molecule has 0 saturated carbocycles. The summed E-state index contributed by atoms with van der Waals surface area (Å²) in [4.78, 5) is 2.56. The molecule has 2 nitrogen and oxygen atoms in total. The Labute approximate surface area is 347 Å². The second-order valence-electron chi connectivity index (χ2n) is 17.8. The van der Waals surface area contributed by atoms with Gasteiger partial charge in [0.25, 0.3) is 0 Å². The average molecular weight is 761 g/mol. The topological polar surface area (TPSA) is 8.17 Å². The van der Waals surface area contributed by atoms with Crippen LogP contribution < -0.4 is 4.90 Å². The smallest absolute Gasteiger partial charge is 0.0561 e. The van der Waals surface area contributed by atoms with Gasteiger partial charge in [-0.25, -0.2) is 0 Å². The van der Waals surface area contributed by atoms with Gasteiger partial charge >= 0.3 is 0 Å². The van der Waals surface area contributed by atoms with Crippen LogP contribution in [0.1, 0.15) is 72.9 Å². The summed E-state index contributed by atoms with van der Waals surface area (Å²) in [6.45, 7) is 4.90. The fourth-order valence-electron chi connectivity index (χ4n) is 11.3. The van der Waals surface area contributed by atoms with Crippen molar-refractivity contribution in [1.82, 2.24) is 4.57 Å². The number of aryl methyl sites for hydroxylation is 2. The van der Waals surface area contributed by atoms with E-state index in [0.29, 0.717) is 0 Å². The number of hydrogen-bond donors (Lipinski definition) is 0. The minimum atomic E-state index is -0.162. The Morgan fingerprint density at radius 2 is 1.08 bits per heavy atom. The summed E-state index contributed by atoms with van der Waals surface area (Å²) < 4.78 is 2.45. The van der Waals surface area contributed by atoms with E-state index in [2.05, 4.69) is 181 Å². The van der Waals surface area contributed by atoms with Gasteiger partial charge in [0, 0.05) is 38.9 Å². The Balaban J connectivity index is 1.18. The van der Waals surface area contributed by atoms with Crippen LogP contribution in [0.25, 0.3) is 60.5 Å². The van der Waals surface area contributed by atoms with Gasteiger partial charge in [0.15, 0.2) is 0 Å². The number of rotatable bonds is 5. The quantitative estimate of drug-likeness (QED) is 0.170. The molecule has 0 saturated heterocycles. The number of benzene rings is 8. The van der Waals surface area contributed by atoms with E-state index in [4.69, 9.17) is 0 Å². The van der Waals surface area contributed by atoms with Gasteiger partial charge in [0.2, 0.25) is 0 Å². The fourth-order valence-corrected chi connectivity index (χ4v) is 11.3. The predicted molar refractivity (Wildman–Crippen MR) is 249 cm³/mol. The Hall–Kier alpha value is -6.38. The minimum absolute atomic E-state index is 0.162. The first kappa shape index (κ1) is 34.6. The molecule has 0 fully saturated rings. The zero-order valence-corrected chi connectivity index (χ0v) is 34.1. The van der Waals surface area contributed by atoms with Gasteiger partial charge in [0.1, 0.15) is 0 Å². The molecule has 3 aliphatic rings. The molecule has 0 amide bonds. The summed E-state index contributed by atoms with van der Waals surface area (Å²) >= 11 is 0. The summed E-state index contributed by atoms with van der Waals surface area (Å²) in [7, 11) is 0. The predicted octanol–water partition coefficient (Wildman–Crippen LogP) is 15.1. The monoisotopic (exact) mass is 760 g/mol. The third-order valence-corrected chi connectivity index (χ3v) is 14.1. The van der Waals surface area contributed by atoms with Gasteiger partial charge in [-0.1, -0.05) is 117 Å². The Bertz CT molecular complexity index is 3110. The molecule has 0 N–H and O–H groups in total. The Kier molecular flexibility index (Phi) is 7.83. The second-order valence-corrected chi connectivity index (χ2v) is 17.8. The van der Waals surface area contributed by atoms with Crippen molar-refractivity contribution in [1.29, 1.82) is 0 Å². The third-order valence-electron chi connectivity index (χ3n) is 14.1. The number of fused-ring (bicyclic) bond motifs is 9. The van der Waals surface area contributed by atoms with Crippen molar-refractivity contribution in [2.24, 2.45) is 0 Å². The molecule has 2 heteroatoms. The molecule has 0 aliphatic heterocycles. The Morgan fingerprint density at radius 1 is 0.441 bits per heavy atom. The van der Waals surface area contributed by atoms with E-state index in [9.17, 15) is 0 Å². The summed E-state index contributed by atoms with van der Waals surface area (Å²) in [6, 6.07) is 59.7. The van der Waals surface area contributed by atoms with Crippen LogP contribution >= 0.6 is 0 Å². The fraction of sp³-hybridized carbons (Fsp3) is 0.193. The molecule has 1 heterocycles. The molecule has 0 bridgehead atoms. The number of para-hydroxylation sites is 2. The maximum absolute atomic E-state index is 2.62. The first-order chi connectivity index (χ1) is 29.0. The largest absolute Gasteiger partial charge is 0.310 e. The van der Waals surface area contributed by atoms with E-state index in [1.54, 1.807) is 27.8 Å².